The Morgan fingerprint density at radius 1 is 1.28 bits per heavy atom. The number of halogens is 1. The molecule has 1 N–H and O–H groups in total. The predicted molar refractivity (Wildman–Crippen MR) is 108 cm³/mol. The van der Waals surface area contributed by atoms with Crippen LogP contribution in [0.3, 0.4) is 0 Å². The summed E-state index contributed by atoms with van der Waals surface area (Å²) >= 11 is 7.50. The van der Waals surface area contributed by atoms with Crippen molar-refractivity contribution >= 4 is 40.8 Å². The molecule has 4 amide bonds. The number of imide groups is 1. The van der Waals surface area contributed by atoms with Crippen molar-refractivity contribution in [1.82, 2.24) is 25.0 Å². The van der Waals surface area contributed by atoms with Crippen molar-refractivity contribution in [2.24, 2.45) is 0 Å². The minimum absolute atomic E-state index is 0.272. The molecule has 1 unspecified atom stereocenters. The first-order valence-corrected chi connectivity index (χ1v) is 10.4. The van der Waals surface area contributed by atoms with Crippen molar-refractivity contribution in [3.63, 3.8) is 0 Å². The van der Waals surface area contributed by atoms with Gasteiger partial charge in [-0.3, -0.25) is 24.4 Å². The van der Waals surface area contributed by atoms with Crippen LogP contribution in [-0.2, 0) is 22.7 Å². The van der Waals surface area contributed by atoms with E-state index >= 15 is 0 Å². The van der Waals surface area contributed by atoms with E-state index < -0.39 is 12.1 Å². The van der Waals surface area contributed by atoms with Crippen LogP contribution in [0.1, 0.15) is 10.4 Å². The molecule has 8 nitrogen and oxygen atoms in total. The first-order chi connectivity index (χ1) is 14.0. The van der Waals surface area contributed by atoms with Crippen molar-refractivity contribution in [2.45, 2.75) is 19.1 Å². The zero-order valence-electron chi connectivity index (χ0n) is 15.6. The summed E-state index contributed by atoms with van der Waals surface area (Å²) in [7, 11) is 0. The van der Waals surface area contributed by atoms with E-state index in [1.54, 1.807) is 23.4 Å². The molecule has 10 heteroatoms. The van der Waals surface area contributed by atoms with Crippen LogP contribution < -0.4 is 5.32 Å². The van der Waals surface area contributed by atoms with Gasteiger partial charge < -0.3 is 10.2 Å². The van der Waals surface area contributed by atoms with Gasteiger partial charge in [0.05, 0.1) is 4.34 Å². The van der Waals surface area contributed by atoms with Crippen LogP contribution >= 0.6 is 22.9 Å². The SMILES string of the molecule is O=C(CN1C(=O)C2CN(Cc3ccc(Cl)s3)CCN2C1=O)NCc1cccnc1. The Morgan fingerprint density at radius 3 is 2.86 bits per heavy atom. The van der Waals surface area contributed by atoms with E-state index in [0.29, 0.717) is 32.7 Å². The quantitative estimate of drug-likeness (QED) is 0.699. The maximum Gasteiger partial charge on any atom is 0.328 e. The number of fused-ring (bicyclic) bond motifs is 1. The molecule has 2 saturated heterocycles. The number of pyridine rings is 1. The van der Waals surface area contributed by atoms with E-state index in [0.717, 1.165) is 19.7 Å². The number of carbonyl (C=O) groups is 3. The van der Waals surface area contributed by atoms with Crippen molar-refractivity contribution < 1.29 is 14.4 Å². The molecule has 0 bridgehead atoms. The summed E-state index contributed by atoms with van der Waals surface area (Å²) in [4.78, 5) is 47.5. The van der Waals surface area contributed by atoms with Gasteiger partial charge in [0.1, 0.15) is 12.6 Å². The van der Waals surface area contributed by atoms with E-state index in [2.05, 4.69) is 15.2 Å². The van der Waals surface area contributed by atoms with E-state index in [-0.39, 0.29) is 18.4 Å². The Bertz CT molecular complexity index is 922. The molecule has 0 radical (unpaired) electrons. The number of aromatic nitrogens is 1. The molecule has 2 aliphatic heterocycles. The fourth-order valence-corrected chi connectivity index (χ4v) is 4.69. The standard InChI is InChI=1S/C19H20ClN5O3S/c20-16-4-3-14(29-16)10-23-6-7-24-15(11-23)18(27)25(19(24)28)12-17(26)22-9-13-2-1-5-21-8-13/h1-5,8,15H,6-7,9-12H2,(H,22,26). The van der Waals surface area contributed by atoms with Gasteiger partial charge in [-0.05, 0) is 23.8 Å². The third kappa shape index (κ3) is 4.42. The topological polar surface area (TPSA) is 85.9 Å². The number of hydrogen-bond acceptors (Lipinski definition) is 6. The lowest BCUT2D eigenvalue weighted by Crippen LogP contribution is -2.52. The lowest BCUT2D eigenvalue weighted by atomic mass is 10.2. The molecule has 1 atom stereocenters. The number of nitrogens with zero attached hydrogens (tertiary/aromatic N) is 4. The number of urea groups is 1. The second kappa shape index (κ2) is 8.48. The monoisotopic (exact) mass is 433 g/mol. The van der Waals surface area contributed by atoms with Crippen LogP contribution in [0.25, 0.3) is 0 Å². The van der Waals surface area contributed by atoms with Gasteiger partial charge in [0, 0.05) is 50.0 Å². The maximum atomic E-state index is 12.8. The second-order valence-corrected chi connectivity index (χ2v) is 8.79. The molecular formula is C19H20ClN5O3S. The summed E-state index contributed by atoms with van der Waals surface area (Å²) in [5, 5.41) is 2.73. The smallest absolute Gasteiger partial charge is 0.328 e. The number of thiophene rings is 1. The first-order valence-electron chi connectivity index (χ1n) is 9.25. The average molecular weight is 434 g/mol. The zero-order chi connectivity index (χ0) is 20.4. The maximum absolute atomic E-state index is 12.8. The average Bonchev–Trinajstić information content (AvgIpc) is 3.23. The van der Waals surface area contributed by atoms with Crippen molar-refractivity contribution in [3.05, 3.63) is 51.4 Å². The number of hydrogen-bond donors (Lipinski definition) is 1. The highest BCUT2D eigenvalue weighted by Gasteiger charge is 2.48. The molecule has 0 saturated carbocycles. The lowest BCUT2D eigenvalue weighted by molar-refractivity contribution is -0.133. The molecule has 4 rings (SSSR count). The number of amides is 4. The molecule has 152 valence electrons. The van der Waals surface area contributed by atoms with E-state index in [1.807, 2.05) is 18.2 Å². The predicted octanol–water partition coefficient (Wildman–Crippen LogP) is 1.56. The van der Waals surface area contributed by atoms with Gasteiger partial charge in [-0.2, -0.15) is 0 Å². The number of rotatable bonds is 6. The fourth-order valence-electron chi connectivity index (χ4n) is 3.56. The summed E-state index contributed by atoms with van der Waals surface area (Å²) in [6.45, 7) is 2.30. The molecule has 2 aliphatic rings. The van der Waals surface area contributed by atoms with Gasteiger partial charge in [0.25, 0.3) is 5.91 Å². The van der Waals surface area contributed by atoms with Gasteiger partial charge in [0.2, 0.25) is 5.91 Å². The summed E-state index contributed by atoms with van der Waals surface area (Å²) in [6.07, 6.45) is 3.31. The largest absolute Gasteiger partial charge is 0.350 e. The third-order valence-corrected chi connectivity index (χ3v) is 6.23. The summed E-state index contributed by atoms with van der Waals surface area (Å²) in [5.74, 6) is -0.694. The van der Waals surface area contributed by atoms with E-state index in [4.69, 9.17) is 11.6 Å². The Hall–Kier alpha value is -2.49. The normalized spacial score (nSPS) is 19.6. The highest BCUT2D eigenvalue weighted by atomic mass is 35.5. The number of nitrogens with one attached hydrogen (secondary N) is 1. The lowest BCUT2D eigenvalue weighted by Gasteiger charge is -2.35. The van der Waals surface area contributed by atoms with Gasteiger partial charge in [-0.1, -0.05) is 17.7 Å². The van der Waals surface area contributed by atoms with Crippen LogP contribution in [-0.4, -0.2) is 69.8 Å². The van der Waals surface area contributed by atoms with E-state index in [1.165, 1.54) is 11.3 Å². The molecule has 0 spiro atoms. The van der Waals surface area contributed by atoms with Crippen LogP contribution in [0.4, 0.5) is 4.79 Å². The first kappa shape index (κ1) is 19.8. The van der Waals surface area contributed by atoms with Crippen LogP contribution in [0, 0.1) is 0 Å². The van der Waals surface area contributed by atoms with Gasteiger partial charge >= 0.3 is 6.03 Å². The van der Waals surface area contributed by atoms with Gasteiger partial charge in [-0.15, -0.1) is 11.3 Å². The van der Waals surface area contributed by atoms with Crippen LogP contribution in [0.15, 0.2) is 36.7 Å². The highest BCUT2D eigenvalue weighted by molar-refractivity contribution is 7.16. The Morgan fingerprint density at radius 2 is 2.14 bits per heavy atom. The molecule has 0 aliphatic carbocycles. The van der Waals surface area contributed by atoms with E-state index in [9.17, 15) is 14.4 Å². The van der Waals surface area contributed by atoms with Crippen LogP contribution in [0.5, 0.6) is 0 Å². The Balaban J connectivity index is 1.34. The minimum Gasteiger partial charge on any atom is -0.350 e. The van der Waals surface area contributed by atoms with Gasteiger partial charge in [0.15, 0.2) is 0 Å². The van der Waals surface area contributed by atoms with Crippen LogP contribution in [0.2, 0.25) is 4.34 Å². The molecule has 2 aromatic heterocycles. The summed E-state index contributed by atoms with van der Waals surface area (Å²) in [5.41, 5.74) is 0.849. The Kier molecular flexibility index (Phi) is 5.79. The summed E-state index contributed by atoms with van der Waals surface area (Å²) in [6, 6.07) is 6.51. The second-order valence-electron chi connectivity index (χ2n) is 7.00. The highest BCUT2D eigenvalue weighted by Crippen LogP contribution is 2.26. The molecular weight excluding hydrogens is 414 g/mol. The fraction of sp³-hybridized carbons (Fsp3) is 0.368. The Labute approximate surface area is 177 Å². The molecule has 4 heterocycles. The minimum atomic E-state index is -0.544. The molecule has 29 heavy (non-hydrogen) atoms. The summed E-state index contributed by atoms with van der Waals surface area (Å²) < 4.78 is 0.731. The zero-order valence-corrected chi connectivity index (χ0v) is 17.2. The molecule has 2 aromatic rings. The third-order valence-electron chi connectivity index (χ3n) is 5.01. The van der Waals surface area contributed by atoms with Crippen molar-refractivity contribution in [1.29, 1.82) is 0 Å². The van der Waals surface area contributed by atoms with Gasteiger partial charge in [-0.25, -0.2) is 4.79 Å². The van der Waals surface area contributed by atoms with Crippen molar-refractivity contribution in [2.75, 3.05) is 26.2 Å². The number of piperazine rings is 1. The molecule has 0 aromatic carbocycles. The molecule has 2 fully saturated rings. The van der Waals surface area contributed by atoms with Crippen molar-refractivity contribution in [3.8, 4) is 0 Å². The number of carbonyl (C=O) groups excluding carboxylic acids is 3.